The van der Waals surface area contributed by atoms with E-state index >= 15 is 0 Å². The highest BCUT2D eigenvalue weighted by Gasteiger charge is 2.62. The summed E-state index contributed by atoms with van der Waals surface area (Å²) in [6.07, 6.45) is 8.12. The van der Waals surface area contributed by atoms with E-state index in [9.17, 15) is 14.7 Å². The Morgan fingerprint density at radius 3 is 2.67 bits per heavy atom. The largest absolute Gasteiger partial charge is 0.393 e. The van der Waals surface area contributed by atoms with E-state index in [1.807, 2.05) is 6.08 Å². The van der Waals surface area contributed by atoms with Crippen LogP contribution >= 0.6 is 0 Å². The van der Waals surface area contributed by atoms with Crippen LogP contribution in [0.5, 0.6) is 0 Å². The molecular formula is C21H30O3. The van der Waals surface area contributed by atoms with Crippen molar-refractivity contribution < 1.29 is 14.7 Å². The Hall–Kier alpha value is -0.960. The molecule has 0 aromatic carbocycles. The molecule has 3 nitrogen and oxygen atoms in total. The van der Waals surface area contributed by atoms with Gasteiger partial charge in [-0.2, -0.15) is 0 Å². The fraction of sp³-hybridized carbons (Fsp3) is 0.810. The highest BCUT2D eigenvalue weighted by atomic mass is 16.3. The number of hydrogen-bond donors (Lipinski definition) is 1. The summed E-state index contributed by atoms with van der Waals surface area (Å²) in [6.45, 7) is 6.32. The Labute approximate surface area is 144 Å². The lowest BCUT2D eigenvalue weighted by molar-refractivity contribution is -0.129. The average molecular weight is 330 g/mol. The molecule has 4 rings (SSSR count). The number of carbonyl (C=O) groups excluding carboxylic acids is 2. The Morgan fingerprint density at radius 1 is 1.21 bits per heavy atom. The van der Waals surface area contributed by atoms with E-state index in [1.165, 1.54) is 5.57 Å². The van der Waals surface area contributed by atoms with Gasteiger partial charge in [0.05, 0.1) is 6.10 Å². The molecule has 0 saturated heterocycles. The van der Waals surface area contributed by atoms with Crippen LogP contribution in [0, 0.1) is 34.5 Å². The highest BCUT2D eigenvalue weighted by Crippen LogP contribution is 2.66. The van der Waals surface area contributed by atoms with Crippen LogP contribution in [0.3, 0.4) is 0 Å². The third kappa shape index (κ3) is 2.06. The van der Waals surface area contributed by atoms with E-state index < -0.39 is 0 Å². The molecule has 3 saturated carbocycles. The summed E-state index contributed by atoms with van der Waals surface area (Å²) in [4.78, 5) is 24.1. The van der Waals surface area contributed by atoms with Gasteiger partial charge in [0, 0.05) is 12.3 Å². The molecule has 0 spiro atoms. The molecule has 7 atom stereocenters. The van der Waals surface area contributed by atoms with Gasteiger partial charge in [-0.15, -0.1) is 0 Å². The fourth-order valence-electron chi connectivity index (χ4n) is 7.26. The summed E-state index contributed by atoms with van der Waals surface area (Å²) < 4.78 is 0. The number of aliphatic hydroxyl groups is 1. The zero-order valence-electron chi connectivity index (χ0n) is 15.2. The van der Waals surface area contributed by atoms with Crippen molar-refractivity contribution in [2.24, 2.45) is 34.5 Å². The minimum absolute atomic E-state index is 0.0242. The molecule has 24 heavy (non-hydrogen) atoms. The van der Waals surface area contributed by atoms with Gasteiger partial charge in [0.2, 0.25) is 0 Å². The summed E-state index contributed by atoms with van der Waals surface area (Å²) in [5, 5.41) is 10.8. The molecule has 0 aliphatic heterocycles. The number of aliphatic hydroxyl groups excluding tert-OH is 1. The van der Waals surface area contributed by atoms with Crippen LogP contribution in [0.2, 0.25) is 0 Å². The minimum Gasteiger partial charge on any atom is -0.393 e. The number of hydrogen-bond acceptors (Lipinski definition) is 3. The molecule has 0 aromatic heterocycles. The number of rotatable bonds is 1. The van der Waals surface area contributed by atoms with Crippen LogP contribution in [-0.4, -0.2) is 22.8 Å². The normalized spacial score (nSPS) is 50.6. The lowest BCUT2D eigenvalue weighted by Crippen LogP contribution is -2.52. The maximum absolute atomic E-state index is 12.2. The van der Waals surface area contributed by atoms with E-state index in [0.29, 0.717) is 30.5 Å². The van der Waals surface area contributed by atoms with Crippen molar-refractivity contribution in [3.63, 3.8) is 0 Å². The molecule has 0 bridgehead atoms. The Bertz CT molecular complexity index is 621. The molecular weight excluding hydrogens is 300 g/mol. The second kappa shape index (κ2) is 5.27. The third-order valence-electron chi connectivity index (χ3n) is 8.44. The maximum Gasteiger partial charge on any atom is 0.155 e. The second-order valence-corrected chi connectivity index (χ2v) is 9.40. The molecule has 0 aromatic rings. The first-order chi connectivity index (χ1) is 11.3. The van der Waals surface area contributed by atoms with Crippen molar-refractivity contribution in [3.05, 3.63) is 11.6 Å². The molecule has 0 unspecified atom stereocenters. The Balaban J connectivity index is 1.70. The second-order valence-electron chi connectivity index (χ2n) is 9.40. The molecule has 3 fully saturated rings. The monoisotopic (exact) mass is 330 g/mol. The molecule has 4 aliphatic carbocycles. The molecule has 3 heteroatoms. The van der Waals surface area contributed by atoms with Crippen LogP contribution in [-0.2, 0) is 9.59 Å². The van der Waals surface area contributed by atoms with Crippen molar-refractivity contribution in [3.8, 4) is 0 Å². The predicted octanol–water partition coefficient (Wildman–Crippen LogP) is 3.69. The summed E-state index contributed by atoms with van der Waals surface area (Å²) in [5.74, 6) is 1.88. The lowest BCUT2D eigenvalue weighted by atomic mass is 9.46. The number of allylic oxidation sites excluding steroid dienone is 1. The molecule has 4 aliphatic rings. The lowest BCUT2D eigenvalue weighted by Gasteiger charge is -2.58. The molecule has 0 amide bonds. The average Bonchev–Trinajstić information content (AvgIpc) is 2.80. The van der Waals surface area contributed by atoms with E-state index in [2.05, 4.69) is 13.8 Å². The number of ketones is 2. The van der Waals surface area contributed by atoms with Gasteiger partial charge in [-0.3, -0.25) is 9.59 Å². The van der Waals surface area contributed by atoms with Crippen LogP contribution in [0.15, 0.2) is 11.6 Å². The van der Waals surface area contributed by atoms with E-state index in [1.54, 1.807) is 6.92 Å². The van der Waals surface area contributed by atoms with E-state index in [0.717, 1.165) is 32.1 Å². The summed E-state index contributed by atoms with van der Waals surface area (Å²) in [7, 11) is 0. The smallest absolute Gasteiger partial charge is 0.155 e. The Morgan fingerprint density at radius 2 is 1.96 bits per heavy atom. The predicted molar refractivity (Wildman–Crippen MR) is 92.3 cm³/mol. The minimum atomic E-state index is -0.337. The van der Waals surface area contributed by atoms with Crippen LogP contribution in [0.25, 0.3) is 0 Å². The van der Waals surface area contributed by atoms with E-state index in [4.69, 9.17) is 0 Å². The van der Waals surface area contributed by atoms with E-state index in [-0.39, 0.29) is 34.6 Å². The molecule has 1 N–H and O–H groups in total. The summed E-state index contributed by atoms with van der Waals surface area (Å²) in [5.41, 5.74) is 1.46. The highest BCUT2D eigenvalue weighted by molar-refractivity contribution is 5.91. The fourth-order valence-corrected chi connectivity index (χ4v) is 7.26. The van der Waals surface area contributed by atoms with Crippen molar-refractivity contribution in [1.82, 2.24) is 0 Å². The zero-order valence-corrected chi connectivity index (χ0v) is 15.2. The van der Waals surface area contributed by atoms with Gasteiger partial charge in [0.15, 0.2) is 5.78 Å². The van der Waals surface area contributed by atoms with Crippen LogP contribution in [0.1, 0.15) is 65.7 Å². The van der Waals surface area contributed by atoms with Crippen LogP contribution in [0.4, 0.5) is 0 Å². The first-order valence-electron chi connectivity index (χ1n) is 9.70. The van der Waals surface area contributed by atoms with Gasteiger partial charge in [-0.25, -0.2) is 0 Å². The third-order valence-corrected chi connectivity index (χ3v) is 8.44. The molecule has 0 heterocycles. The van der Waals surface area contributed by atoms with Gasteiger partial charge in [0.1, 0.15) is 5.78 Å². The number of Topliss-reactive ketones (excluding diaryl/α,β-unsaturated/α-hetero) is 1. The summed E-state index contributed by atoms with van der Waals surface area (Å²) >= 11 is 0. The maximum atomic E-state index is 12.2. The van der Waals surface area contributed by atoms with Gasteiger partial charge in [-0.1, -0.05) is 19.4 Å². The first kappa shape index (κ1) is 16.5. The summed E-state index contributed by atoms with van der Waals surface area (Å²) in [6, 6.07) is 0. The van der Waals surface area contributed by atoms with Gasteiger partial charge < -0.3 is 5.11 Å². The van der Waals surface area contributed by atoms with Gasteiger partial charge in [-0.05, 0) is 80.1 Å². The SMILES string of the molecule is CC(=O)[C@H]1C[C@@H](O)[C@H]2[C@@H]3CCC4=CC(=O)CC[C@]4(C)[C@H]3CC[C@@]21C. The first-order valence-corrected chi connectivity index (χ1v) is 9.70. The number of carbonyl (C=O) groups is 2. The number of fused-ring (bicyclic) bond motifs is 5. The molecule has 132 valence electrons. The van der Waals surface area contributed by atoms with Gasteiger partial charge in [0.25, 0.3) is 0 Å². The van der Waals surface area contributed by atoms with Crippen molar-refractivity contribution in [2.75, 3.05) is 0 Å². The topological polar surface area (TPSA) is 54.4 Å². The quantitative estimate of drug-likeness (QED) is 0.797. The zero-order chi connectivity index (χ0) is 17.3. The molecule has 0 radical (unpaired) electrons. The van der Waals surface area contributed by atoms with Gasteiger partial charge >= 0.3 is 0 Å². The van der Waals surface area contributed by atoms with Crippen molar-refractivity contribution >= 4 is 11.6 Å². The van der Waals surface area contributed by atoms with Crippen molar-refractivity contribution in [1.29, 1.82) is 0 Å². The van der Waals surface area contributed by atoms with Crippen LogP contribution < -0.4 is 0 Å². The van der Waals surface area contributed by atoms with Crippen molar-refractivity contribution in [2.45, 2.75) is 71.8 Å². The standard InChI is InChI=1S/C21H30O3/c1-12(22)17-11-18(24)19-15-5-4-13-10-14(23)6-8-20(13,2)16(15)7-9-21(17,19)3/h10,15-19,24H,4-9,11H2,1-3H3/t15-,16+,17-,18-,19-,20+,21-/m1/s1. The Kier molecular flexibility index (Phi) is 3.62.